The first-order valence-corrected chi connectivity index (χ1v) is 11.6. The van der Waals surface area contributed by atoms with Crippen molar-refractivity contribution in [2.45, 2.75) is 43.7 Å². The summed E-state index contributed by atoms with van der Waals surface area (Å²) >= 11 is 1.19. The van der Waals surface area contributed by atoms with Gasteiger partial charge in [-0.1, -0.05) is 29.5 Å². The van der Waals surface area contributed by atoms with Crippen molar-refractivity contribution in [3.63, 3.8) is 0 Å². The maximum Gasteiger partial charge on any atom is 0.277 e. The number of hydrogen-bond acceptors (Lipinski definition) is 7. The SMILES string of the molecule is CCN(C(=O)[C@H](C)Sc1nnc(-c2ccc(C)cc2)o1)[C@@H]1CCS(=O)(=O)C1. The van der Waals surface area contributed by atoms with Gasteiger partial charge in [-0.05, 0) is 39.3 Å². The van der Waals surface area contributed by atoms with Gasteiger partial charge in [-0.3, -0.25) is 4.79 Å². The lowest BCUT2D eigenvalue weighted by Gasteiger charge is -2.28. The summed E-state index contributed by atoms with van der Waals surface area (Å²) in [5.74, 6) is 0.486. The van der Waals surface area contributed by atoms with Crippen LogP contribution in [-0.2, 0) is 14.6 Å². The van der Waals surface area contributed by atoms with Crippen molar-refractivity contribution in [3.8, 4) is 11.5 Å². The van der Waals surface area contributed by atoms with Crippen molar-refractivity contribution >= 4 is 27.5 Å². The Morgan fingerprint density at radius 3 is 2.63 bits per heavy atom. The molecule has 2 aromatic rings. The van der Waals surface area contributed by atoms with Crippen LogP contribution >= 0.6 is 11.8 Å². The van der Waals surface area contributed by atoms with Gasteiger partial charge in [0.15, 0.2) is 9.84 Å². The van der Waals surface area contributed by atoms with E-state index in [1.165, 1.54) is 11.8 Å². The third-order valence-corrected chi connectivity index (χ3v) is 7.28. The third kappa shape index (κ3) is 4.70. The molecule has 7 nitrogen and oxygen atoms in total. The van der Waals surface area contributed by atoms with Crippen LogP contribution in [0, 0.1) is 6.92 Å². The number of aromatic nitrogens is 2. The van der Waals surface area contributed by atoms with Crippen LogP contribution in [0.2, 0.25) is 0 Å². The minimum absolute atomic E-state index is 0.0437. The number of thioether (sulfide) groups is 1. The van der Waals surface area contributed by atoms with E-state index in [0.717, 1.165) is 11.1 Å². The molecule has 1 amide bonds. The van der Waals surface area contributed by atoms with Gasteiger partial charge in [0.05, 0.1) is 16.8 Å². The summed E-state index contributed by atoms with van der Waals surface area (Å²) in [5.41, 5.74) is 1.96. The molecule has 1 aromatic heterocycles. The monoisotopic (exact) mass is 409 g/mol. The second-order valence-electron chi connectivity index (χ2n) is 6.68. The Morgan fingerprint density at radius 1 is 1.33 bits per heavy atom. The average Bonchev–Trinajstić information content (AvgIpc) is 3.22. The van der Waals surface area contributed by atoms with Gasteiger partial charge in [-0.25, -0.2) is 8.42 Å². The van der Waals surface area contributed by atoms with Gasteiger partial charge in [-0.2, -0.15) is 0 Å². The Balaban J connectivity index is 1.66. The zero-order chi connectivity index (χ0) is 19.6. The van der Waals surface area contributed by atoms with Crippen molar-refractivity contribution in [3.05, 3.63) is 29.8 Å². The number of sulfone groups is 1. The zero-order valence-corrected chi connectivity index (χ0v) is 17.2. The predicted octanol–water partition coefficient (Wildman–Crippen LogP) is 2.56. The highest BCUT2D eigenvalue weighted by Crippen LogP contribution is 2.28. The maximum absolute atomic E-state index is 12.8. The van der Waals surface area contributed by atoms with E-state index in [2.05, 4.69) is 10.2 Å². The molecule has 0 bridgehead atoms. The molecule has 2 heterocycles. The second kappa shape index (κ2) is 8.02. The highest BCUT2D eigenvalue weighted by Gasteiger charge is 2.35. The minimum atomic E-state index is -3.04. The van der Waals surface area contributed by atoms with Gasteiger partial charge in [0.1, 0.15) is 0 Å². The summed E-state index contributed by atoms with van der Waals surface area (Å²) in [5, 5.41) is 7.95. The molecule has 0 radical (unpaired) electrons. The van der Waals surface area contributed by atoms with E-state index in [1.807, 2.05) is 38.1 Å². The van der Waals surface area contributed by atoms with Crippen molar-refractivity contribution in [2.24, 2.45) is 0 Å². The summed E-state index contributed by atoms with van der Waals surface area (Å²) in [4.78, 5) is 14.5. The van der Waals surface area contributed by atoms with Crippen molar-refractivity contribution in [2.75, 3.05) is 18.1 Å². The van der Waals surface area contributed by atoms with Crippen molar-refractivity contribution in [1.29, 1.82) is 0 Å². The molecule has 1 aliphatic rings. The third-order valence-electron chi connectivity index (χ3n) is 4.60. The van der Waals surface area contributed by atoms with E-state index >= 15 is 0 Å². The first-order chi connectivity index (χ1) is 12.8. The van der Waals surface area contributed by atoms with Gasteiger partial charge < -0.3 is 9.32 Å². The average molecular weight is 410 g/mol. The molecule has 3 rings (SSSR count). The molecule has 1 fully saturated rings. The Labute approximate surface area is 163 Å². The van der Waals surface area contributed by atoms with Crippen LogP contribution in [0.1, 0.15) is 25.8 Å². The molecular formula is C18H23N3O4S2. The van der Waals surface area contributed by atoms with E-state index in [4.69, 9.17) is 4.42 Å². The Bertz CT molecular complexity index is 909. The van der Waals surface area contributed by atoms with Gasteiger partial charge in [0.2, 0.25) is 11.8 Å². The lowest BCUT2D eigenvalue weighted by molar-refractivity contribution is -0.131. The van der Waals surface area contributed by atoms with Crippen LogP contribution < -0.4 is 0 Å². The Hall–Kier alpha value is -1.87. The fraction of sp³-hybridized carbons (Fsp3) is 0.500. The number of nitrogens with zero attached hydrogens (tertiary/aromatic N) is 3. The highest BCUT2D eigenvalue weighted by molar-refractivity contribution is 8.00. The smallest absolute Gasteiger partial charge is 0.277 e. The van der Waals surface area contributed by atoms with E-state index in [9.17, 15) is 13.2 Å². The topological polar surface area (TPSA) is 93.4 Å². The molecule has 9 heteroatoms. The minimum Gasteiger partial charge on any atom is -0.411 e. The molecular weight excluding hydrogens is 386 g/mol. The van der Waals surface area contributed by atoms with Crippen LogP contribution in [0.25, 0.3) is 11.5 Å². The molecule has 1 aliphatic heterocycles. The number of benzene rings is 1. The summed E-state index contributed by atoms with van der Waals surface area (Å²) < 4.78 is 29.1. The molecule has 0 spiro atoms. The number of rotatable bonds is 6. The van der Waals surface area contributed by atoms with Crippen LogP contribution in [0.5, 0.6) is 0 Å². The summed E-state index contributed by atoms with van der Waals surface area (Å²) in [7, 11) is -3.04. The Kier molecular flexibility index (Phi) is 5.90. The quantitative estimate of drug-likeness (QED) is 0.677. The second-order valence-corrected chi connectivity index (χ2v) is 10.2. The highest BCUT2D eigenvalue weighted by atomic mass is 32.2. The molecule has 27 heavy (non-hydrogen) atoms. The summed E-state index contributed by atoms with van der Waals surface area (Å²) in [6.07, 6.45) is 0.497. The fourth-order valence-corrected chi connectivity index (χ4v) is 5.60. The van der Waals surface area contributed by atoms with Gasteiger partial charge >= 0.3 is 0 Å². The van der Waals surface area contributed by atoms with E-state index in [1.54, 1.807) is 11.8 Å². The van der Waals surface area contributed by atoms with E-state index < -0.39 is 15.1 Å². The summed E-state index contributed by atoms with van der Waals surface area (Å²) in [6, 6.07) is 7.50. The first kappa shape index (κ1) is 19.9. The molecule has 0 N–H and O–H groups in total. The molecule has 1 saturated heterocycles. The number of carbonyl (C=O) groups excluding carboxylic acids is 1. The van der Waals surface area contributed by atoms with Crippen LogP contribution in [0.15, 0.2) is 33.9 Å². The largest absolute Gasteiger partial charge is 0.411 e. The van der Waals surface area contributed by atoms with E-state index in [0.29, 0.717) is 24.1 Å². The van der Waals surface area contributed by atoms with Crippen LogP contribution in [0.3, 0.4) is 0 Å². The standard InChI is InChI=1S/C18H23N3O4S2/c1-4-21(15-9-10-27(23,24)11-15)17(22)13(3)26-18-20-19-16(25-18)14-7-5-12(2)6-8-14/h5-8,13,15H,4,9-11H2,1-3H3/t13-,15+/m0/s1. The molecule has 0 unspecified atom stereocenters. The van der Waals surface area contributed by atoms with E-state index in [-0.39, 0.29) is 23.5 Å². The molecule has 0 saturated carbocycles. The van der Waals surface area contributed by atoms with Gasteiger partial charge in [0.25, 0.3) is 5.22 Å². The van der Waals surface area contributed by atoms with Crippen molar-refractivity contribution < 1.29 is 17.6 Å². The van der Waals surface area contributed by atoms with Crippen LogP contribution in [-0.4, -0.2) is 58.8 Å². The number of carbonyl (C=O) groups is 1. The zero-order valence-electron chi connectivity index (χ0n) is 15.6. The predicted molar refractivity (Wildman–Crippen MR) is 104 cm³/mol. The lowest BCUT2D eigenvalue weighted by atomic mass is 10.1. The molecule has 1 aromatic carbocycles. The van der Waals surface area contributed by atoms with Gasteiger partial charge in [0, 0.05) is 18.2 Å². The Morgan fingerprint density at radius 2 is 2.04 bits per heavy atom. The fourth-order valence-electron chi connectivity index (χ4n) is 3.12. The number of amides is 1. The van der Waals surface area contributed by atoms with Crippen molar-refractivity contribution in [1.82, 2.24) is 15.1 Å². The lowest BCUT2D eigenvalue weighted by Crippen LogP contribution is -2.44. The maximum atomic E-state index is 12.8. The van der Waals surface area contributed by atoms with Crippen LogP contribution in [0.4, 0.5) is 0 Å². The molecule has 146 valence electrons. The molecule has 2 atom stereocenters. The normalized spacial score (nSPS) is 19.7. The number of hydrogen-bond donors (Lipinski definition) is 0. The summed E-state index contributed by atoms with van der Waals surface area (Å²) in [6.45, 7) is 6.11. The number of aryl methyl sites for hydroxylation is 1. The first-order valence-electron chi connectivity index (χ1n) is 8.87. The molecule has 0 aliphatic carbocycles. The van der Waals surface area contributed by atoms with Gasteiger partial charge in [-0.15, -0.1) is 10.2 Å².